The number of rotatable bonds is 6. The van der Waals surface area contributed by atoms with Gasteiger partial charge in [-0.3, -0.25) is 4.79 Å². The molecule has 0 bridgehead atoms. The second kappa shape index (κ2) is 7.93. The third-order valence-corrected chi connectivity index (χ3v) is 2.90. The molecule has 0 aromatic carbocycles. The van der Waals surface area contributed by atoms with Crippen LogP contribution >= 0.6 is 12.4 Å². The third kappa shape index (κ3) is 8.44. The van der Waals surface area contributed by atoms with Crippen molar-refractivity contribution in [1.82, 2.24) is 5.32 Å². The lowest BCUT2D eigenvalue weighted by Gasteiger charge is -2.28. The Morgan fingerprint density at radius 2 is 1.71 bits per heavy atom. The Labute approximate surface area is 112 Å². The molecule has 1 amide bonds. The largest absolute Gasteiger partial charge is 0.355 e. The summed E-state index contributed by atoms with van der Waals surface area (Å²) in [5.41, 5.74) is 5.85. The SMILES string of the molecule is CC(C)CC(C)(C)CNC(=O)C(C)C(C)N.Cl. The van der Waals surface area contributed by atoms with Crippen molar-refractivity contribution in [3.05, 3.63) is 0 Å². The lowest BCUT2D eigenvalue weighted by molar-refractivity contribution is -0.125. The van der Waals surface area contributed by atoms with Gasteiger partial charge in [0.25, 0.3) is 0 Å². The summed E-state index contributed by atoms with van der Waals surface area (Å²) in [7, 11) is 0. The predicted molar refractivity (Wildman–Crippen MR) is 76.3 cm³/mol. The molecule has 17 heavy (non-hydrogen) atoms. The fourth-order valence-electron chi connectivity index (χ4n) is 1.90. The van der Waals surface area contributed by atoms with Gasteiger partial charge in [-0.25, -0.2) is 0 Å². The first-order chi connectivity index (χ1) is 7.15. The zero-order chi connectivity index (χ0) is 12.9. The van der Waals surface area contributed by atoms with E-state index in [2.05, 4.69) is 33.0 Å². The monoisotopic (exact) mass is 264 g/mol. The number of carbonyl (C=O) groups excluding carboxylic acids is 1. The summed E-state index contributed by atoms with van der Waals surface area (Å²) >= 11 is 0. The van der Waals surface area contributed by atoms with Gasteiger partial charge in [0.15, 0.2) is 0 Å². The number of hydrogen-bond acceptors (Lipinski definition) is 2. The first-order valence-electron chi connectivity index (χ1n) is 6.19. The highest BCUT2D eigenvalue weighted by atomic mass is 35.5. The Morgan fingerprint density at radius 3 is 2.06 bits per heavy atom. The fraction of sp³-hybridized carbons (Fsp3) is 0.923. The van der Waals surface area contributed by atoms with E-state index in [1.165, 1.54) is 0 Å². The van der Waals surface area contributed by atoms with Gasteiger partial charge >= 0.3 is 0 Å². The minimum absolute atomic E-state index is 0. The minimum Gasteiger partial charge on any atom is -0.355 e. The van der Waals surface area contributed by atoms with Gasteiger partial charge in [-0.2, -0.15) is 0 Å². The first-order valence-corrected chi connectivity index (χ1v) is 6.19. The number of halogens is 1. The summed E-state index contributed by atoms with van der Waals surface area (Å²) in [6, 6.07) is -0.0896. The molecule has 0 aromatic rings. The van der Waals surface area contributed by atoms with E-state index >= 15 is 0 Å². The van der Waals surface area contributed by atoms with Crippen molar-refractivity contribution < 1.29 is 4.79 Å². The quantitative estimate of drug-likeness (QED) is 0.775. The zero-order valence-electron chi connectivity index (χ0n) is 12.0. The van der Waals surface area contributed by atoms with E-state index in [9.17, 15) is 4.79 Å². The highest BCUT2D eigenvalue weighted by Crippen LogP contribution is 2.24. The maximum Gasteiger partial charge on any atom is 0.224 e. The van der Waals surface area contributed by atoms with Gasteiger partial charge in [0, 0.05) is 18.5 Å². The van der Waals surface area contributed by atoms with Crippen LogP contribution in [0.15, 0.2) is 0 Å². The van der Waals surface area contributed by atoms with Crippen LogP contribution in [-0.2, 0) is 4.79 Å². The Morgan fingerprint density at radius 1 is 1.24 bits per heavy atom. The van der Waals surface area contributed by atoms with Gasteiger partial charge in [-0.1, -0.05) is 34.6 Å². The number of carbonyl (C=O) groups is 1. The molecule has 0 fully saturated rings. The van der Waals surface area contributed by atoms with Crippen LogP contribution in [0.3, 0.4) is 0 Å². The van der Waals surface area contributed by atoms with Gasteiger partial charge in [0.1, 0.15) is 0 Å². The van der Waals surface area contributed by atoms with Crippen molar-refractivity contribution in [2.75, 3.05) is 6.54 Å². The average molecular weight is 265 g/mol. The Hall–Kier alpha value is -0.280. The van der Waals surface area contributed by atoms with Crippen LogP contribution in [-0.4, -0.2) is 18.5 Å². The molecule has 0 spiro atoms. The number of nitrogens with one attached hydrogen (secondary N) is 1. The van der Waals surface area contributed by atoms with E-state index in [1.807, 2.05) is 13.8 Å². The second-order valence-corrected chi connectivity index (χ2v) is 6.13. The molecule has 0 aliphatic carbocycles. The summed E-state index contributed by atoms with van der Waals surface area (Å²) in [5, 5.41) is 2.99. The molecule has 2 unspecified atom stereocenters. The van der Waals surface area contributed by atoms with Crippen molar-refractivity contribution in [3.63, 3.8) is 0 Å². The predicted octanol–water partition coefficient (Wildman–Crippen LogP) is 2.58. The maximum atomic E-state index is 11.7. The molecule has 0 radical (unpaired) electrons. The fourth-order valence-corrected chi connectivity index (χ4v) is 1.90. The van der Waals surface area contributed by atoms with E-state index in [4.69, 9.17) is 5.73 Å². The molecule has 0 saturated heterocycles. The molecule has 0 saturated carbocycles. The first kappa shape index (κ1) is 19.1. The lowest BCUT2D eigenvalue weighted by Crippen LogP contribution is -2.42. The van der Waals surface area contributed by atoms with Crippen LogP contribution in [0.5, 0.6) is 0 Å². The molecule has 0 aromatic heterocycles. The molecule has 3 nitrogen and oxygen atoms in total. The maximum absolute atomic E-state index is 11.7. The molecule has 0 heterocycles. The van der Waals surface area contributed by atoms with Crippen LogP contribution < -0.4 is 11.1 Å². The highest BCUT2D eigenvalue weighted by molar-refractivity contribution is 5.85. The number of hydrogen-bond donors (Lipinski definition) is 2. The summed E-state index contributed by atoms with van der Waals surface area (Å²) in [5.74, 6) is 0.597. The molecule has 104 valence electrons. The van der Waals surface area contributed by atoms with E-state index < -0.39 is 0 Å². The van der Waals surface area contributed by atoms with Crippen LogP contribution in [0.1, 0.15) is 48.0 Å². The van der Waals surface area contributed by atoms with Crippen molar-refractivity contribution in [1.29, 1.82) is 0 Å². The van der Waals surface area contributed by atoms with Crippen molar-refractivity contribution in [2.45, 2.75) is 54.0 Å². The second-order valence-electron chi connectivity index (χ2n) is 6.13. The molecule has 3 N–H and O–H groups in total. The van der Waals surface area contributed by atoms with E-state index in [0.717, 1.165) is 13.0 Å². The Kier molecular flexibility index (Phi) is 8.90. The topological polar surface area (TPSA) is 55.1 Å². The minimum atomic E-state index is -0.116. The van der Waals surface area contributed by atoms with E-state index in [-0.39, 0.29) is 35.7 Å². The van der Waals surface area contributed by atoms with Gasteiger partial charge in [0.2, 0.25) is 5.91 Å². The molecule has 0 aliphatic heterocycles. The summed E-state index contributed by atoms with van der Waals surface area (Å²) < 4.78 is 0. The molecule has 0 rings (SSSR count). The molecule has 0 aliphatic rings. The van der Waals surface area contributed by atoms with Gasteiger partial charge in [0.05, 0.1) is 0 Å². The number of amides is 1. The van der Waals surface area contributed by atoms with E-state index in [0.29, 0.717) is 5.92 Å². The van der Waals surface area contributed by atoms with Crippen molar-refractivity contribution >= 4 is 18.3 Å². The smallest absolute Gasteiger partial charge is 0.224 e. The van der Waals surface area contributed by atoms with Crippen LogP contribution in [0, 0.1) is 17.3 Å². The standard InChI is InChI=1S/C13H28N2O.ClH/c1-9(2)7-13(5,6)8-15-12(16)10(3)11(4)14;/h9-11H,7-8,14H2,1-6H3,(H,15,16);1H. The van der Waals surface area contributed by atoms with Crippen molar-refractivity contribution in [2.24, 2.45) is 23.0 Å². The van der Waals surface area contributed by atoms with Gasteiger partial charge < -0.3 is 11.1 Å². The number of nitrogens with two attached hydrogens (primary N) is 1. The summed E-state index contributed by atoms with van der Waals surface area (Å²) in [6.07, 6.45) is 1.11. The average Bonchev–Trinajstić information content (AvgIpc) is 2.10. The van der Waals surface area contributed by atoms with Crippen LogP contribution in [0.2, 0.25) is 0 Å². The van der Waals surface area contributed by atoms with Crippen LogP contribution in [0.4, 0.5) is 0 Å². The summed E-state index contributed by atoms with van der Waals surface area (Å²) in [4.78, 5) is 11.7. The molecule has 4 heteroatoms. The zero-order valence-corrected chi connectivity index (χ0v) is 12.9. The summed E-state index contributed by atoms with van der Waals surface area (Å²) in [6.45, 7) is 13.2. The normalized spacial score (nSPS) is 15.1. The lowest BCUT2D eigenvalue weighted by atomic mass is 9.84. The molecular formula is C13H29ClN2O. The molecular weight excluding hydrogens is 236 g/mol. The Bertz CT molecular complexity index is 227. The van der Waals surface area contributed by atoms with Gasteiger partial charge in [-0.15, -0.1) is 12.4 Å². The highest BCUT2D eigenvalue weighted by Gasteiger charge is 2.23. The van der Waals surface area contributed by atoms with Crippen LogP contribution in [0.25, 0.3) is 0 Å². The van der Waals surface area contributed by atoms with E-state index in [1.54, 1.807) is 0 Å². The van der Waals surface area contributed by atoms with Gasteiger partial charge in [-0.05, 0) is 24.7 Å². The third-order valence-electron chi connectivity index (χ3n) is 2.90. The van der Waals surface area contributed by atoms with Crippen molar-refractivity contribution in [3.8, 4) is 0 Å². The Balaban J connectivity index is 0. The molecule has 2 atom stereocenters.